The molecule has 2 aromatic rings. The number of rotatable bonds is 3. The number of nitrogens with two attached hydrogens (primary N) is 1. The second-order valence-corrected chi connectivity index (χ2v) is 4.39. The molecule has 0 fully saturated rings. The molecule has 0 bridgehead atoms. The van der Waals surface area contributed by atoms with Crippen LogP contribution in [0.5, 0.6) is 0 Å². The van der Waals surface area contributed by atoms with Crippen LogP contribution in [-0.2, 0) is 0 Å². The van der Waals surface area contributed by atoms with Crippen molar-refractivity contribution in [1.82, 2.24) is 10.1 Å². The minimum Gasteiger partial charge on any atom is -0.334 e. The van der Waals surface area contributed by atoms with E-state index < -0.39 is 11.6 Å². The Kier molecular flexibility index (Phi) is 3.38. The Morgan fingerprint density at radius 1 is 1.17 bits per heavy atom. The Balaban J connectivity index is 2.35. The highest BCUT2D eigenvalue weighted by molar-refractivity contribution is 5.52. The molecular formula is C12H13F2N3O. The van der Waals surface area contributed by atoms with E-state index in [1.807, 2.05) is 13.8 Å². The van der Waals surface area contributed by atoms with E-state index >= 15 is 0 Å². The van der Waals surface area contributed by atoms with Crippen molar-refractivity contribution in [2.45, 2.75) is 19.9 Å². The lowest BCUT2D eigenvalue weighted by Gasteiger charge is -2.09. The lowest BCUT2D eigenvalue weighted by molar-refractivity contribution is 0.399. The van der Waals surface area contributed by atoms with E-state index in [2.05, 4.69) is 10.1 Å². The zero-order valence-corrected chi connectivity index (χ0v) is 10.0. The molecule has 2 N–H and O–H groups in total. The maximum Gasteiger partial charge on any atom is 0.258 e. The smallest absolute Gasteiger partial charge is 0.258 e. The topological polar surface area (TPSA) is 64.9 Å². The molecule has 0 radical (unpaired) electrons. The lowest BCUT2D eigenvalue weighted by Crippen LogP contribution is -2.18. The highest BCUT2D eigenvalue weighted by Gasteiger charge is 2.18. The summed E-state index contributed by atoms with van der Waals surface area (Å²) in [5.74, 6) is -0.875. The predicted molar refractivity (Wildman–Crippen MR) is 61.4 cm³/mol. The van der Waals surface area contributed by atoms with E-state index in [-0.39, 0.29) is 23.4 Å². The Hall–Kier alpha value is -1.82. The summed E-state index contributed by atoms with van der Waals surface area (Å²) in [5.41, 5.74) is 6.05. The third-order valence-electron chi connectivity index (χ3n) is 2.57. The Morgan fingerprint density at radius 3 is 2.33 bits per heavy atom. The first kappa shape index (κ1) is 12.6. The summed E-state index contributed by atoms with van der Waals surface area (Å²) in [6.07, 6.45) is 0. The van der Waals surface area contributed by atoms with Crippen LogP contribution in [0.3, 0.4) is 0 Å². The molecule has 1 heterocycles. The van der Waals surface area contributed by atoms with Gasteiger partial charge in [-0.25, -0.2) is 8.78 Å². The van der Waals surface area contributed by atoms with Crippen molar-refractivity contribution in [2.75, 3.05) is 0 Å². The standard InChI is InChI=1S/C12H13F2N3O/c1-6(2)10(15)11-16-12(18-17-11)7-3-8(13)5-9(14)4-7/h3-6,10H,15H2,1-2H3. The van der Waals surface area contributed by atoms with Crippen LogP contribution >= 0.6 is 0 Å². The molecular weight excluding hydrogens is 240 g/mol. The van der Waals surface area contributed by atoms with Gasteiger partial charge in [0, 0.05) is 11.6 Å². The fraction of sp³-hybridized carbons (Fsp3) is 0.333. The van der Waals surface area contributed by atoms with Gasteiger partial charge in [0.2, 0.25) is 0 Å². The van der Waals surface area contributed by atoms with Crippen molar-refractivity contribution >= 4 is 0 Å². The molecule has 0 aliphatic rings. The normalized spacial score (nSPS) is 13.0. The summed E-state index contributed by atoms with van der Waals surface area (Å²) in [5, 5.41) is 3.72. The molecule has 0 aliphatic carbocycles. The van der Waals surface area contributed by atoms with E-state index in [4.69, 9.17) is 10.3 Å². The number of hydrogen-bond donors (Lipinski definition) is 1. The van der Waals surface area contributed by atoms with Crippen LogP contribution in [-0.4, -0.2) is 10.1 Å². The molecule has 96 valence electrons. The van der Waals surface area contributed by atoms with Gasteiger partial charge in [0.15, 0.2) is 5.82 Å². The van der Waals surface area contributed by atoms with Gasteiger partial charge in [-0.05, 0) is 18.1 Å². The minimum absolute atomic E-state index is 0.0551. The van der Waals surface area contributed by atoms with Gasteiger partial charge in [-0.15, -0.1) is 0 Å². The fourth-order valence-corrected chi connectivity index (χ4v) is 1.46. The zero-order chi connectivity index (χ0) is 13.3. The van der Waals surface area contributed by atoms with Gasteiger partial charge in [0.1, 0.15) is 11.6 Å². The third kappa shape index (κ3) is 2.53. The van der Waals surface area contributed by atoms with Gasteiger partial charge in [-0.1, -0.05) is 19.0 Å². The number of nitrogens with zero attached hydrogens (tertiary/aromatic N) is 2. The molecule has 0 amide bonds. The van der Waals surface area contributed by atoms with Gasteiger partial charge >= 0.3 is 0 Å². The summed E-state index contributed by atoms with van der Waals surface area (Å²) in [6, 6.07) is 2.66. The van der Waals surface area contributed by atoms with E-state index in [9.17, 15) is 8.78 Å². The van der Waals surface area contributed by atoms with Crippen molar-refractivity contribution in [3.8, 4) is 11.5 Å². The summed E-state index contributed by atoms with van der Waals surface area (Å²) < 4.78 is 31.1. The van der Waals surface area contributed by atoms with Crippen LogP contribution in [0.25, 0.3) is 11.5 Å². The van der Waals surface area contributed by atoms with Crippen LogP contribution in [0.15, 0.2) is 22.7 Å². The highest BCUT2D eigenvalue weighted by Crippen LogP contribution is 2.23. The first-order chi connectivity index (χ1) is 8.47. The quantitative estimate of drug-likeness (QED) is 0.913. The van der Waals surface area contributed by atoms with Crippen molar-refractivity contribution in [3.63, 3.8) is 0 Å². The summed E-state index contributed by atoms with van der Waals surface area (Å²) in [7, 11) is 0. The maximum atomic E-state index is 13.1. The van der Waals surface area contributed by atoms with E-state index in [1.165, 1.54) is 0 Å². The first-order valence-electron chi connectivity index (χ1n) is 5.53. The molecule has 2 rings (SSSR count). The van der Waals surface area contributed by atoms with Crippen LogP contribution in [0, 0.1) is 17.6 Å². The van der Waals surface area contributed by atoms with E-state index in [1.54, 1.807) is 0 Å². The van der Waals surface area contributed by atoms with E-state index in [0.717, 1.165) is 18.2 Å². The number of hydrogen-bond acceptors (Lipinski definition) is 4. The summed E-state index contributed by atoms with van der Waals surface area (Å²) in [6.45, 7) is 3.84. The van der Waals surface area contributed by atoms with Gasteiger partial charge in [-0.2, -0.15) is 4.98 Å². The van der Waals surface area contributed by atoms with Crippen molar-refractivity contribution in [2.24, 2.45) is 11.7 Å². The zero-order valence-electron chi connectivity index (χ0n) is 10.0. The van der Waals surface area contributed by atoms with Gasteiger partial charge in [0.25, 0.3) is 5.89 Å². The van der Waals surface area contributed by atoms with Gasteiger partial charge in [-0.3, -0.25) is 0 Å². The Bertz CT molecular complexity index is 534. The molecule has 0 saturated heterocycles. The maximum absolute atomic E-state index is 13.1. The second-order valence-electron chi connectivity index (χ2n) is 4.39. The van der Waals surface area contributed by atoms with Crippen LogP contribution in [0.1, 0.15) is 25.7 Å². The summed E-state index contributed by atoms with van der Waals surface area (Å²) in [4.78, 5) is 4.05. The van der Waals surface area contributed by atoms with Crippen molar-refractivity contribution < 1.29 is 13.3 Å². The largest absolute Gasteiger partial charge is 0.334 e. The molecule has 1 aromatic heterocycles. The van der Waals surface area contributed by atoms with E-state index in [0.29, 0.717) is 5.82 Å². The molecule has 0 saturated carbocycles. The molecule has 6 heteroatoms. The third-order valence-corrected chi connectivity index (χ3v) is 2.57. The Morgan fingerprint density at radius 2 is 1.78 bits per heavy atom. The minimum atomic E-state index is -0.696. The molecule has 1 aromatic carbocycles. The molecule has 1 unspecified atom stereocenters. The summed E-state index contributed by atoms with van der Waals surface area (Å²) >= 11 is 0. The fourth-order valence-electron chi connectivity index (χ4n) is 1.46. The Labute approximate surface area is 103 Å². The van der Waals surface area contributed by atoms with Crippen LogP contribution in [0.4, 0.5) is 8.78 Å². The molecule has 1 atom stereocenters. The number of aromatic nitrogens is 2. The van der Waals surface area contributed by atoms with Crippen LogP contribution in [0.2, 0.25) is 0 Å². The lowest BCUT2D eigenvalue weighted by atomic mass is 10.1. The predicted octanol–water partition coefficient (Wildman–Crippen LogP) is 2.67. The molecule has 18 heavy (non-hydrogen) atoms. The second kappa shape index (κ2) is 4.81. The number of halogens is 2. The average molecular weight is 253 g/mol. The van der Waals surface area contributed by atoms with Gasteiger partial charge < -0.3 is 10.3 Å². The van der Waals surface area contributed by atoms with Crippen LogP contribution < -0.4 is 5.73 Å². The average Bonchev–Trinajstić information content (AvgIpc) is 2.75. The molecule has 0 spiro atoms. The molecule has 4 nitrogen and oxygen atoms in total. The monoisotopic (exact) mass is 253 g/mol. The highest BCUT2D eigenvalue weighted by atomic mass is 19.1. The van der Waals surface area contributed by atoms with Gasteiger partial charge in [0.05, 0.1) is 6.04 Å². The SMILES string of the molecule is CC(C)C(N)c1noc(-c2cc(F)cc(F)c2)n1. The van der Waals surface area contributed by atoms with Crippen molar-refractivity contribution in [3.05, 3.63) is 35.7 Å². The van der Waals surface area contributed by atoms with Crippen molar-refractivity contribution in [1.29, 1.82) is 0 Å². The number of benzene rings is 1. The molecule has 0 aliphatic heterocycles. The first-order valence-corrected chi connectivity index (χ1v) is 5.53.